The number of hydrogen-bond acceptors (Lipinski definition) is 7. The maximum Gasteiger partial charge on any atom is 1.00 e. The van der Waals surface area contributed by atoms with Gasteiger partial charge in [0.1, 0.15) is 16.3 Å². The number of benzene rings is 4. The van der Waals surface area contributed by atoms with Crippen LogP contribution in [0.4, 0.5) is 17.1 Å². The molecule has 4 aromatic rings. The molecule has 0 spiro atoms. The second-order valence-electron chi connectivity index (χ2n) is 8.07. The normalized spacial score (nSPS) is 11.4. The van der Waals surface area contributed by atoms with E-state index in [1.54, 1.807) is 43.3 Å². The SMILES string of the molecule is CCc1cc(Cl)cc(N=Nc2c([O-])c(C(=O)Nc3ccc(OC)c(Cl)c3)cc3ccccc23)c1S(=O)(=O)O.[Na+]. The molecule has 0 bridgehead atoms. The molecule has 1 amide bonds. The number of hydrogen-bond donors (Lipinski definition) is 2. The molecule has 0 fully saturated rings. The fourth-order valence-electron chi connectivity index (χ4n) is 3.89. The maximum atomic E-state index is 13.4. The van der Waals surface area contributed by atoms with E-state index in [4.69, 9.17) is 27.9 Å². The molecular weight excluding hydrogens is 576 g/mol. The predicted octanol–water partition coefficient (Wildman–Crippen LogP) is 3.71. The number of halogens is 2. The Morgan fingerprint density at radius 2 is 1.79 bits per heavy atom. The van der Waals surface area contributed by atoms with Crippen molar-refractivity contribution in [1.82, 2.24) is 0 Å². The van der Waals surface area contributed by atoms with Gasteiger partial charge in [-0.2, -0.15) is 13.5 Å². The van der Waals surface area contributed by atoms with Crippen LogP contribution < -0.4 is 44.7 Å². The van der Waals surface area contributed by atoms with E-state index in [9.17, 15) is 22.9 Å². The van der Waals surface area contributed by atoms with Gasteiger partial charge in [-0.15, -0.1) is 5.11 Å². The van der Waals surface area contributed by atoms with Gasteiger partial charge in [-0.3, -0.25) is 9.35 Å². The summed E-state index contributed by atoms with van der Waals surface area (Å²) < 4.78 is 39.1. The van der Waals surface area contributed by atoms with Gasteiger partial charge in [0, 0.05) is 21.7 Å². The van der Waals surface area contributed by atoms with Gasteiger partial charge in [-0.05, 0) is 53.8 Å². The summed E-state index contributed by atoms with van der Waals surface area (Å²) in [5.41, 5.74) is -0.101. The molecule has 39 heavy (non-hydrogen) atoms. The van der Waals surface area contributed by atoms with Crippen molar-refractivity contribution in [3.63, 3.8) is 0 Å². The van der Waals surface area contributed by atoms with Crippen molar-refractivity contribution in [3.8, 4) is 11.5 Å². The first-order valence-corrected chi connectivity index (χ1v) is 13.3. The van der Waals surface area contributed by atoms with Crippen LogP contribution >= 0.6 is 23.2 Å². The molecule has 13 heteroatoms. The zero-order chi connectivity index (χ0) is 27.6. The van der Waals surface area contributed by atoms with Crippen LogP contribution in [0.25, 0.3) is 10.8 Å². The smallest absolute Gasteiger partial charge is 0.870 e. The van der Waals surface area contributed by atoms with Crippen molar-refractivity contribution in [3.05, 3.63) is 81.8 Å². The molecule has 4 rings (SSSR count). The Labute approximate surface area is 256 Å². The molecule has 0 aliphatic carbocycles. The maximum absolute atomic E-state index is 13.4. The second-order valence-corrected chi connectivity index (χ2v) is 10.3. The van der Waals surface area contributed by atoms with Crippen LogP contribution in [0.5, 0.6) is 11.5 Å². The molecule has 0 heterocycles. The summed E-state index contributed by atoms with van der Waals surface area (Å²) in [6.07, 6.45) is 0.235. The fourth-order valence-corrected chi connectivity index (χ4v) is 5.28. The van der Waals surface area contributed by atoms with E-state index in [1.807, 2.05) is 0 Å². The molecule has 9 nitrogen and oxygen atoms in total. The summed E-state index contributed by atoms with van der Waals surface area (Å²) in [5, 5.41) is 25.4. The van der Waals surface area contributed by atoms with Crippen molar-refractivity contribution in [2.24, 2.45) is 10.2 Å². The van der Waals surface area contributed by atoms with E-state index in [-0.39, 0.29) is 68.5 Å². The standard InChI is InChI=1S/C26H21Cl2N3O6S.Na/c1-3-14-10-16(27)12-21(25(14)38(34,35)36)30-31-23-18-7-5-4-6-15(18)11-19(24(23)32)26(33)29-17-8-9-22(37-2)20(28)13-17;/h4-13,32H,3H2,1-2H3,(H,29,33)(H,34,35,36);/q;+1/p-1. The Hall–Kier alpha value is -2.70. The number of amides is 1. The number of methoxy groups -OCH3 is 1. The minimum absolute atomic E-state index is 0. The van der Waals surface area contributed by atoms with E-state index in [0.717, 1.165) is 0 Å². The number of carbonyl (C=O) groups is 1. The number of nitrogens with one attached hydrogen (secondary N) is 1. The molecule has 0 saturated heterocycles. The average molecular weight is 596 g/mol. The Bertz CT molecular complexity index is 1710. The third kappa shape index (κ3) is 6.72. The first kappa shape index (κ1) is 30.8. The Balaban J connectivity index is 0.00000420. The summed E-state index contributed by atoms with van der Waals surface area (Å²) in [6.45, 7) is 1.68. The van der Waals surface area contributed by atoms with Crippen molar-refractivity contribution < 1.29 is 57.2 Å². The summed E-state index contributed by atoms with van der Waals surface area (Å²) in [7, 11) is -3.23. The average Bonchev–Trinajstić information content (AvgIpc) is 2.86. The fraction of sp³-hybridized carbons (Fsp3) is 0.115. The topological polar surface area (TPSA) is 140 Å². The molecule has 0 unspecified atom stereocenters. The molecule has 0 radical (unpaired) electrons. The zero-order valence-electron chi connectivity index (χ0n) is 21.0. The summed E-state index contributed by atoms with van der Waals surface area (Å²) in [5.74, 6) is -1.04. The Morgan fingerprint density at radius 3 is 2.44 bits per heavy atom. The molecular formula is C26H20Cl2N3NaO6S. The van der Waals surface area contributed by atoms with Gasteiger partial charge in [0.15, 0.2) is 0 Å². The number of ether oxygens (including phenoxy) is 1. The monoisotopic (exact) mass is 595 g/mol. The number of aryl methyl sites for hydroxylation is 1. The zero-order valence-corrected chi connectivity index (χ0v) is 25.4. The van der Waals surface area contributed by atoms with Crippen LogP contribution in [0.15, 0.2) is 75.8 Å². The first-order valence-electron chi connectivity index (χ1n) is 11.1. The third-order valence-corrected chi connectivity index (χ3v) is 7.14. The van der Waals surface area contributed by atoms with E-state index in [2.05, 4.69) is 15.5 Å². The minimum Gasteiger partial charge on any atom is -0.870 e. The molecule has 196 valence electrons. The van der Waals surface area contributed by atoms with E-state index in [0.29, 0.717) is 22.2 Å². The van der Waals surface area contributed by atoms with Gasteiger partial charge < -0.3 is 15.2 Å². The molecule has 0 aliphatic rings. The van der Waals surface area contributed by atoms with Gasteiger partial charge in [-0.1, -0.05) is 60.1 Å². The second kappa shape index (κ2) is 12.6. The van der Waals surface area contributed by atoms with E-state index in [1.165, 1.54) is 31.4 Å². The Kier molecular flexibility index (Phi) is 10.0. The Morgan fingerprint density at radius 1 is 1.08 bits per heavy atom. The van der Waals surface area contributed by atoms with Gasteiger partial charge in [0.25, 0.3) is 16.0 Å². The van der Waals surface area contributed by atoms with E-state index >= 15 is 0 Å². The summed E-state index contributed by atoms with van der Waals surface area (Å²) >= 11 is 12.3. The van der Waals surface area contributed by atoms with E-state index < -0.39 is 26.7 Å². The minimum atomic E-state index is -4.69. The van der Waals surface area contributed by atoms with Gasteiger partial charge in [-0.25, -0.2) is 0 Å². The predicted molar refractivity (Wildman–Crippen MR) is 144 cm³/mol. The van der Waals surface area contributed by atoms with Crippen LogP contribution in [-0.4, -0.2) is 26.0 Å². The number of rotatable bonds is 7. The number of fused-ring (bicyclic) bond motifs is 1. The number of carbonyl (C=O) groups excluding carboxylic acids is 1. The van der Waals surface area contributed by atoms with Crippen LogP contribution in [0.3, 0.4) is 0 Å². The number of azo groups is 1. The number of anilines is 1. The number of nitrogens with zero attached hydrogens (tertiary/aromatic N) is 2. The first-order chi connectivity index (χ1) is 18.0. The van der Waals surface area contributed by atoms with Gasteiger partial charge in [0.05, 0.1) is 17.8 Å². The van der Waals surface area contributed by atoms with Crippen LogP contribution in [0.1, 0.15) is 22.8 Å². The molecule has 2 N–H and O–H groups in total. The largest absolute Gasteiger partial charge is 1.00 e. The summed E-state index contributed by atoms with van der Waals surface area (Å²) in [4.78, 5) is 12.6. The van der Waals surface area contributed by atoms with Crippen molar-refractivity contribution >= 4 is 67.1 Å². The van der Waals surface area contributed by atoms with Gasteiger partial charge in [0.2, 0.25) is 0 Å². The van der Waals surface area contributed by atoms with Crippen LogP contribution in [-0.2, 0) is 16.5 Å². The van der Waals surface area contributed by atoms with Gasteiger partial charge >= 0.3 is 29.6 Å². The van der Waals surface area contributed by atoms with Crippen molar-refractivity contribution in [1.29, 1.82) is 0 Å². The van der Waals surface area contributed by atoms with Crippen LogP contribution in [0.2, 0.25) is 10.0 Å². The third-order valence-electron chi connectivity index (χ3n) is 5.64. The molecule has 0 saturated carbocycles. The van der Waals surface area contributed by atoms with Crippen molar-refractivity contribution in [2.45, 2.75) is 18.2 Å². The molecule has 0 aromatic heterocycles. The van der Waals surface area contributed by atoms with Crippen LogP contribution in [0, 0.1) is 0 Å². The van der Waals surface area contributed by atoms with Crippen molar-refractivity contribution in [2.75, 3.05) is 12.4 Å². The molecule has 4 aromatic carbocycles. The quantitative estimate of drug-likeness (QED) is 0.189. The molecule has 0 aliphatic heterocycles. The summed E-state index contributed by atoms with van der Waals surface area (Å²) in [6, 6.07) is 15.4. The molecule has 0 atom stereocenters.